The Labute approximate surface area is 102 Å². The molecule has 17 heavy (non-hydrogen) atoms. The minimum atomic E-state index is 0.104. The maximum Gasteiger partial charge on any atom is 0.0626 e. The highest BCUT2D eigenvalue weighted by Gasteiger charge is 2.27. The summed E-state index contributed by atoms with van der Waals surface area (Å²) >= 11 is 0. The second-order valence-corrected chi connectivity index (χ2v) is 4.87. The molecule has 1 aliphatic heterocycles. The zero-order chi connectivity index (χ0) is 12.4. The van der Waals surface area contributed by atoms with Gasteiger partial charge in [-0.05, 0) is 25.6 Å². The van der Waals surface area contributed by atoms with E-state index < -0.39 is 0 Å². The number of aromatic nitrogens is 1. The van der Waals surface area contributed by atoms with Gasteiger partial charge in [0.05, 0.1) is 18.8 Å². The molecule has 0 radical (unpaired) electrons. The van der Waals surface area contributed by atoms with E-state index in [-0.39, 0.29) is 6.61 Å². The fourth-order valence-electron chi connectivity index (χ4n) is 2.47. The van der Waals surface area contributed by atoms with E-state index in [4.69, 9.17) is 5.11 Å². The van der Waals surface area contributed by atoms with Gasteiger partial charge in [0, 0.05) is 30.4 Å². The highest BCUT2D eigenvalue weighted by Crippen LogP contribution is 2.34. The highest BCUT2D eigenvalue weighted by atomic mass is 16.3. The van der Waals surface area contributed by atoms with Gasteiger partial charge in [0.25, 0.3) is 0 Å². The van der Waals surface area contributed by atoms with E-state index >= 15 is 0 Å². The Bertz CT molecular complexity index is 411. The van der Waals surface area contributed by atoms with Crippen LogP contribution in [0.25, 0.3) is 0 Å². The highest BCUT2D eigenvalue weighted by molar-refractivity contribution is 5.78. The predicted octanol–water partition coefficient (Wildman–Crippen LogP) is 1.54. The number of nitrogens with one attached hydrogen (secondary N) is 1. The maximum atomic E-state index is 8.69. The third kappa shape index (κ3) is 2.42. The van der Waals surface area contributed by atoms with Crippen LogP contribution in [0.2, 0.25) is 0 Å². The fourth-order valence-corrected chi connectivity index (χ4v) is 2.47. The lowest BCUT2D eigenvalue weighted by Crippen LogP contribution is -2.32. The SMILES string of the molecule is CC1CN(C)C(C)c2cc(C=NCCO)[nH]c21. The van der Waals surface area contributed by atoms with E-state index in [1.165, 1.54) is 11.3 Å². The Morgan fingerprint density at radius 1 is 1.59 bits per heavy atom. The molecule has 94 valence electrons. The second-order valence-electron chi connectivity index (χ2n) is 4.87. The molecule has 0 aromatic carbocycles. The number of nitrogens with zero attached hydrogens (tertiary/aromatic N) is 2. The molecule has 2 unspecified atom stereocenters. The number of likely N-dealkylation sites (N-methyl/N-ethyl adjacent to an activating group) is 1. The number of aromatic amines is 1. The summed E-state index contributed by atoms with van der Waals surface area (Å²) in [6.45, 7) is 6.13. The van der Waals surface area contributed by atoms with Crippen molar-refractivity contribution in [3.8, 4) is 0 Å². The number of fused-ring (bicyclic) bond motifs is 1. The third-order valence-corrected chi connectivity index (χ3v) is 3.53. The Kier molecular flexibility index (Phi) is 3.64. The molecule has 4 nitrogen and oxygen atoms in total. The standard InChI is InChI=1S/C13H21N3O/c1-9-8-16(3)10(2)12-6-11(15-13(9)12)7-14-4-5-17/h6-7,9-10,15,17H,4-5,8H2,1-3H3. The van der Waals surface area contributed by atoms with Gasteiger partial charge in [0.1, 0.15) is 0 Å². The summed E-state index contributed by atoms with van der Waals surface area (Å²) in [5.74, 6) is 0.534. The number of hydrogen-bond donors (Lipinski definition) is 2. The molecule has 0 aliphatic carbocycles. The molecule has 2 rings (SSSR count). The van der Waals surface area contributed by atoms with Gasteiger partial charge < -0.3 is 10.1 Å². The predicted molar refractivity (Wildman–Crippen MR) is 69.8 cm³/mol. The molecular weight excluding hydrogens is 214 g/mol. The lowest BCUT2D eigenvalue weighted by molar-refractivity contribution is 0.227. The van der Waals surface area contributed by atoms with Crippen molar-refractivity contribution in [3.63, 3.8) is 0 Å². The molecule has 1 aromatic heterocycles. The van der Waals surface area contributed by atoms with Crippen LogP contribution in [0.15, 0.2) is 11.1 Å². The number of hydrogen-bond acceptors (Lipinski definition) is 3. The average Bonchev–Trinajstić information content (AvgIpc) is 2.71. The van der Waals surface area contributed by atoms with Gasteiger partial charge in [-0.15, -0.1) is 0 Å². The minimum Gasteiger partial charge on any atom is -0.394 e. The van der Waals surface area contributed by atoms with Crippen molar-refractivity contribution in [1.82, 2.24) is 9.88 Å². The first-order valence-corrected chi connectivity index (χ1v) is 6.17. The molecule has 2 N–H and O–H groups in total. The first kappa shape index (κ1) is 12.3. The van der Waals surface area contributed by atoms with E-state index in [2.05, 4.69) is 41.8 Å². The van der Waals surface area contributed by atoms with Crippen LogP contribution in [0.4, 0.5) is 0 Å². The zero-order valence-corrected chi connectivity index (χ0v) is 10.8. The molecule has 0 spiro atoms. The van der Waals surface area contributed by atoms with E-state index in [0.29, 0.717) is 18.5 Å². The lowest BCUT2D eigenvalue weighted by Gasteiger charge is -2.33. The normalized spacial score (nSPS) is 25.4. The number of aliphatic imine (C=N–C) groups is 1. The Morgan fingerprint density at radius 3 is 3.06 bits per heavy atom. The van der Waals surface area contributed by atoms with E-state index in [1.807, 2.05) is 6.21 Å². The van der Waals surface area contributed by atoms with Crippen LogP contribution in [0, 0.1) is 0 Å². The molecule has 1 aliphatic rings. The number of rotatable bonds is 3. The van der Waals surface area contributed by atoms with Crippen molar-refractivity contribution in [1.29, 1.82) is 0 Å². The van der Waals surface area contributed by atoms with Crippen LogP contribution < -0.4 is 0 Å². The molecule has 2 heterocycles. The second kappa shape index (κ2) is 5.02. The van der Waals surface area contributed by atoms with Gasteiger partial charge in [-0.1, -0.05) is 6.92 Å². The molecule has 0 fully saturated rings. The van der Waals surface area contributed by atoms with Gasteiger partial charge in [-0.3, -0.25) is 9.89 Å². The zero-order valence-electron chi connectivity index (χ0n) is 10.8. The fraction of sp³-hybridized carbons (Fsp3) is 0.615. The molecule has 1 aromatic rings. The molecule has 4 heteroatoms. The minimum absolute atomic E-state index is 0.104. The Morgan fingerprint density at radius 2 is 2.35 bits per heavy atom. The first-order valence-electron chi connectivity index (χ1n) is 6.17. The number of H-pyrrole nitrogens is 1. The van der Waals surface area contributed by atoms with Crippen molar-refractivity contribution >= 4 is 6.21 Å². The summed E-state index contributed by atoms with van der Waals surface area (Å²) in [5.41, 5.74) is 3.75. The topological polar surface area (TPSA) is 51.6 Å². The van der Waals surface area contributed by atoms with Crippen molar-refractivity contribution < 1.29 is 5.11 Å². The number of aliphatic hydroxyl groups excluding tert-OH is 1. The molecule has 0 amide bonds. The van der Waals surface area contributed by atoms with Crippen molar-refractivity contribution in [2.45, 2.75) is 25.8 Å². The van der Waals surface area contributed by atoms with E-state index in [9.17, 15) is 0 Å². The lowest BCUT2D eigenvalue weighted by atomic mass is 9.93. The Hall–Kier alpha value is -1.13. The van der Waals surface area contributed by atoms with Crippen LogP contribution in [-0.4, -0.2) is 47.9 Å². The van der Waals surface area contributed by atoms with Crippen molar-refractivity contribution in [2.75, 3.05) is 26.7 Å². The molecular formula is C13H21N3O. The average molecular weight is 235 g/mol. The summed E-state index contributed by atoms with van der Waals surface area (Å²) < 4.78 is 0. The molecule has 2 atom stereocenters. The summed E-state index contributed by atoms with van der Waals surface area (Å²) in [6.07, 6.45) is 1.81. The quantitative estimate of drug-likeness (QED) is 0.781. The maximum absolute atomic E-state index is 8.69. The molecule has 0 bridgehead atoms. The van der Waals surface area contributed by atoms with Gasteiger partial charge in [0.15, 0.2) is 0 Å². The van der Waals surface area contributed by atoms with Crippen LogP contribution in [0.5, 0.6) is 0 Å². The van der Waals surface area contributed by atoms with Crippen molar-refractivity contribution in [3.05, 3.63) is 23.0 Å². The van der Waals surface area contributed by atoms with Crippen molar-refractivity contribution in [2.24, 2.45) is 4.99 Å². The molecule has 0 saturated carbocycles. The smallest absolute Gasteiger partial charge is 0.0626 e. The Balaban J connectivity index is 2.25. The van der Waals surface area contributed by atoms with Crippen LogP contribution >= 0.6 is 0 Å². The van der Waals surface area contributed by atoms with Gasteiger partial charge in [-0.25, -0.2) is 0 Å². The number of aliphatic hydroxyl groups is 1. The van der Waals surface area contributed by atoms with Crippen LogP contribution in [0.1, 0.15) is 42.8 Å². The summed E-state index contributed by atoms with van der Waals surface area (Å²) in [5, 5.41) is 8.69. The van der Waals surface area contributed by atoms with E-state index in [0.717, 1.165) is 12.2 Å². The summed E-state index contributed by atoms with van der Waals surface area (Å²) in [7, 11) is 2.16. The van der Waals surface area contributed by atoms with Gasteiger partial charge in [-0.2, -0.15) is 0 Å². The van der Waals surface area contributed by atoms with Crippen LogP contribution in [-0.2, 0) is 0 Å². The first-order chi connectivity index (χ1) is 8.13. The largest absolute Gasteiger partial charge is 0.394 e. The molecule has 0 saturated heterocycles. The van der Waals surface area contributed by atoms with Gasteiger partial charge >= 0.3 is 0 Å². The monoisotopic (exact) mass is 235 g/mol. The van der Waals surface area contributed by atoms with E-state index in [1.54, 1.807) is 0 Å². The summed E-state index contributed by atoms with van der Waals surface area (Å²) in [4.78, 5) is 9.96. The third-order valence-electron chi connectivity index (χ3n) is 3.53. The van der Waals surface area contributed by atoms with Crippen LogP contribution in [0.3, 0.4) is 0 Å². The summed E-state index contributed by atoms with van der Waals surface area (Å²) in [6, 6.07) is 2.63. The van der Waals surface area contributed by atoms with Gasteiger partial charge in [0.2, 0.25) is 0 Å².